The Labute approximate surface area is 194 Å². The molecule has 9 heteroatoms. The topological polar surface area (TPSA) is 73.6 Å². The lowest BCUT2D eigenvalue weighted by Gasteiger charge is -2.16. The molecule has 0 heterocycles. The van der Waals surface area contributed by atoms with Gasteiger partial charge in [0.2, 0.25) is 0 Å². The molecule has 0 saturated heterocycles. The first-order chi connectivity index (χ1) is 14.9. The van der Waals surface area contributed by atoms with E-state index >= 15 is 0 Å². The van der Waals surface area contributed by atoms with Crippen LogP contribution in [0.5, 0.6) is 11.5 Å². The average Bonchev–Trinajstić information content (AvgIpc) is 2.73. The van der Waals surface area contributed by atoms with Gasteiger partial charge in [-0.2, -0.15) is 0 Å². The van der Waals surface area contributed by atoms with Gasteiger partial charge in [-0.15, -0.1) is 0 Å². The lowest BCUT2D eigenvalue weighted by molar-refractivity contribution is -0.384. The highest BCUT2D eigenvalue weighted by Gasteiger charge is 2.14. The molecule has 162 valence electrons. The van der Waals surface area contributed by atoms with E-state index < -0.39 is 4.92 Å². The standard InChI is InChI=1S/C22H19Cl3N2O4/c1-2-30-21-9-14(12-26-17-4-3-5-18(11-17)27(28)29)8-20(25)22(21)31-13-15-6-7-16(23)10-19(15)24/h3-11,26H,2,12-13H2,1H3. The SMILES string of the molecule is CCOc1cc(CNc2cccc([N+](=O)[O-])c2)cc(Cl)c1OCc1ccc(Cl)cc1Cl. The van der Waals surface area contributed by atoms with Crippen LogP contribution in [0.25, 0.3) is 0 Å². The summed E-state index contributed by atoms with van der Waals surface area (Å²) in [6.07, 6.45) is 0. The van der Waals surface area contributed by atoms with Crippen LogP contribution in [0.4, 0.5) is 11.4 Å². The lowest BCUT2D eigenvalue weighted by Crippen LogP contribution is -2.04. The zero-order valence-corrected chi connectivity index (χ0v) is 18.8. The third-order valence-electron chi connectivity index (χ3n) is 4.31. The molecule has 6 nitrogen and oxygen atoms in total. The Kier molecular flexibility index (Phi) is 7.85. The first kappa shape index (κ1) is 23.0. The Morgan fingerprint density at radius 2 is 1.81 bits per heavy atom. The first-order valence-electron chi connectivity index (χ1n) is 9.37. The number of nitrogens with one attached hydrogen (secondary N) is 1. The largest absolute Gasteiger partial charge is 0.490 e. The molecule has 31 heavy (non-hydrogen) atoms. The second-order valence-electron chi connectivity index (χ2n) is 6.52. The van der Waals surface area contributed by atoms with Crippen LogP contribution in [-0.4, -0.2) is 11.5 Å². The van der Waals surface area contributed by atoms with Crippen molar-refractivity contribution in [1.29, 1.82) is 0 Å². The average molecular weight is 482 g/mol. The van der Waals surface area contributed by atoms with Crippen molar-refractivity contribution in [3.8, 4) is 11.5 Å². The Balaban J connectivity index is 1.76. The van der Waals surface area contributed by atoms with Gasteiger partial charge in [-0.1, -0.05) is 46.9 Å². The maximum Gasteiger partial charge on any atom is 0.271 e. The third-order valence-corrected chi connectivity index (χ3v) is 5.18. The molecule has 0 saturated carbocycles. The predicted molar refractivity (Wildman–Crippen MR) is 124 cm³/mol. The minimum absolute atomic E-state index is 0.0163. The zero-order chi connectivity index (χ0) is 22.4. The fraction of sp³-hybridized carbons (Fsp3) is 0.182. The molecule has 0 unspecified atom stereocenters. The number of hydrogen-bond donors (Lipinski definition) is 1. The molecule has 0 aliphatic carbocycles. The molecule has 0 aliphatic heterocycles. The van der Waals surface area contributed by atoms with E-state index in [-0.39, 0.29) is 12.3 Å². The zero-order valence-electron chi connectivity index (χ0n) is 16.5. The van der Waals surface area contributed by atoms with Gasteiger partial charge < -0.3 is 14.8 Å². The number of nitro groups is 1. The Morgan fingerprint density at radius 3 is 2.52 bits per heavy atom. The Hall–Kier alpha value is -2.67. The van der Waals surface area contributed by atoms with E-state index in [1.165, 1.54) is 12.1 Å². The molecule has 0 amide bonds. The highest BCUT2D eigenvalue weighted by Crippen LogP contribution is 2.38. The number of anilines is 1. The normalized spacial score (nSPS) is 10.6. The van der Waals surface area contributed by atoms with E-state index in [4.69, 9.17) is 44.3 Å². The number of halogens is 3. The van der Waals surface area contributed by atoms with Crippen molar-refractivity contribution in [2.24, 2.45) is 0 Å². The minimum atomic E-state index is -0.436. The molecule has 0 aromatic heterocycles. The molecular formula is C22H19Cl3N2O4. The van der Waals surface area contributed by atoms with Crippen molar-refractivity contribution < 1.29 is 14.4 Å². The summed E-state index contributed by atoms with van der Waals surface area (Å²) in [4.78, 5) is 10.5. The number of benzene rings is 3. The van der Waals surface area contributed by atoms with Crippen molar-refractivity contribution in [2.45, 2.75) is 20.1 Å². The van der Waals surface area contributed by atoms with Crippen LogP contribution in [0.1, 0.15) is 18.1 Å². The third kappa shape index (κ3) is 6.17. The van der Waals surface area contributed by atoms with Gasteiger partial charge in [0.15, 0.2) is 11.5 Å². The molecule has 0 bridgehead atoms. The summed E-state index contributed by atoms with van der Waals surface area (Å²) in [6, 6.07) is 15.0. The van der Waals surface area contributed by atoms with Gasteiger partial charge in [0.1, 0.15) is 6.61 Å². The van der Waals surface area contributed by atoms with Gasteiger partial charge in [-0.25, -0.2) is 0 Å². The van der Waals surface area contributed by atoms with Gasteiger partial charge in [-0.3, -0.25) is 10.1 Å². The summed E-state index contributed by atoms with van der Waals surface area (Å²) in [5.74, 6) is 0.907. The monoisotopic (exact) mass is 480 g/mol. The molecule has 0 atom stereocenters. The van der Waals surface area contributed by atoms with Crippen molar-refractivity contribution in [3.63, 3.8) is 0 Å². The Bertz CT molecular complexity index is 1090. The maximum absolute atomic E-state index is 10.9. The molecule has 0 spiro atoms. The first-order valence-corrected chi connectivity index (χ1v) is 10.5. The van der Waals surface area contributed by atoms with E-state index in [0.717, 1.165) is 11.1 Å². The number of nitrogens with zero attached hydrogens (tertiary/aromatic N) is 1. The van der Waals surface area contributed by atoms with Crippen LogP contribution < -0.4 is 14.8 Å². The fourth-order valence-corrected chi connectivity index (χ4v) is 3.60. The Morgan fingerprint density at radius 1 is 1.00 bits per heavy atom. The van der Waals surface area contributed by atoms with Gasteiger partial charge in [0.25, 0.3) is 5.69 Å². The van der Waals surface area contributed by atoms with Crippen LogP contribution in [0.2, 0.25) is 15.1 Å². The quantitative estimate of drug-likeness (QED) is 0.259. The second-order valence-corrected chi connectivity index (χ2v) is 7.77. The maximum atomic E-state index is 10.9. The van der Waals surface area contributed by atoms with Crippen LogP contribution in [0.15, 0.2) is 54.6 Å². The summed E-state index contributed by atoms with van der Waals surface area (Å²) in [7, 11) is 0. The van der Waals surface area contributed by atoms with E-state index in [1.54, 1.807) is 36.4 Å². The molecule has 3 aromatic carbocycles. The highest BCUT2D eigenvalue weighted by molar-refractivity contribution is 6.35. The molecule has 0 fully saturated rings. The fourth-order valence-electron chi connectivity index (χ4n) is 2.85. The van der Waals surface area contributed by atoms with E-state index in [0.29, 0.717) is 45.4 Å². The summed E-state index contributed by atoms with van der Waals surface area (Å²) in [5.41, 5.74) is 2.24. The molecule has 0 radical (unpaired) electrons. The smallest absolute Gasteiger partial charge is 0.271 e. The van der Waals surface area contributed by atoms with E-state index in [2.05, 4.69) is 5.32 Å². The van der Waals surface area contributed by atoms with Crippen LogP contribution in [0, 0.1) is 10.1 Å². The molecular weight excluding hydrogens is 463 g/mol. The summed E-state index contributed by atoms with van der Waals surface area (Å²) in [6.45, 7) is 2.88. The van der Waals surface area contributed by atoms with Crippen LogP contribution in [0.3, 0.4) is 0 Å². The summed E-state index contributed by atoms with van der Waals surface area (Å²) in [5, 5.41) is 15.5. The minimum Gasteiger partial charge on any atom is -0.490 e. The van der Waals surface area contributed by atoms with Gasteiger partial charge in [-0.05, 0) is 42.8 Å². The van der Waals surface area contributed by atoms with Crippen molar-refractivity contribution in [2.75, 3.05) is 11.9 Å². The molecule has 3 aromatic rings. The number of nitro benzene ring substituents is 1. The van der Waals surface area contributed by atoms with Crippen molar-refractivity contribution in [1.82, 2.24) is 0 Å². The highest BCUT2D eigenvalue weighted by atomic mass is 35.5. The summed E-state index contributed by atoms with van der Waals surface area (Å²) >= 11 is 18.6. The van der Waals surface area contributed by atoms with E-state index in [1.807, 2.05) is 13.0 Å². The van der Waals surface area contributed by atoms with Gasteiger partial charge in [0.05, 0.1) is 16.6 Å². The predicted octanol–water partition coefficient (Wildman–Crippen LogP) is 7.14. The molecule has 3 rings (SSSR count). The van der Waals surface area contributed by atoms with Crippen molar-refractivity contribution >= 4 is 46.2 Å². The molecule has 0 aliphatic rings. The van der Waals surface area contributed by atoms with Gasteiger partial charge in [0, 0.05) is 40.0 Å². The van der Waals surface area contributed by atoms with Crippen LogP contribution in [-0.2, 0) is 13.2 Å². The van der Waals surface area contributed by atoms with E-state index in [9.17, 15) is 10.1 Å². The van der Waals surface area contributed by atoms with Gasteiger partial charge >= 0.3 is 0 Å². The number of ether oxygens (including phenoxy) is 2. The van der Waals surface area contributed by atoms with Crippen molar-refractivity contribution in [3.05, 3.63) is 90.9 Å². The lowest BCUT2D eigenvalue weighted by atomic mass is 10.2. The summed E-state index contributed by atoms with van der Waals surface area (Å²) < 4.78 is 11.6. The number of hydrogen-bond acceptors (Lipinski definition) is 5. The second kappa shape index (κ2) is 10.6. The number of rotatable bonds is 9. The molecule has 1 N–H and O–H groups in total. The van der Waals surface area contributed by atoms with Crippen LogP contribution >= 0.6 is 34.8 Å². The number of non-ortho nitro benzene ring substituents is 1.